The highest BCUT2D eigenvalue weighted by atomic mass is 32.1. The summed E-state index contributed by atoms with van der Waals surface area (Å²) in [5, 5.41) is 5.73. The van der Waals surface area contributed by atoms with Crippen LogP contribution >= 0.6 is 11.3 Å². The lowest BCUT2D eigenvalue weighted by molar-refractivity contribution is -0.122. The minimum atomic E-state index is -0.255. The second-order valence-electron chi connectivity index (χ2n) is 5.64. The van der Waals surface area contributed by atoms with Crippen LogP contribution in [-0.4, -0.2) is 24.1 Å². The van der Waals surface area contributed by atoms with Crippen LogP contribution in [0.1, 0.15) is 38.4 Å². The normalized spacial score (nSPS) is 15.6. The molecule has 0 fully saturated rings. The molecule has 0 saturated heterocycles. The van der Waals surface area contributed by atoms with Crippen LogP contribution < -0.4 is 5.32 Å². The maximum Gasteiger partial charge on any atom is 0.290 e. The highest BCUT2D eigenvalue weighted by Gasteiger charge is 2.21. The summed E-state index contributed by atoms with van der Waals surface area (Å²) in [5.74, 6) is 0.543. The van der Waals surface area contributed by atoms with Crippen molar-refractivity contribution in [3.05, 3.63) is 27.6 Å². The van der Waals surface area contributed by atoms with E-state index in [4.69, 9.17) is 9.47 Å². The number of carbonyl (C=O) groups is 1. The van der Waals surface area contributed by atoms with Gasteiger partial charge in [0.15, 0.2) is 0 Å². The SMILES string of the molecule is CC1=C(C(=O)NCc2nc(C(C)(C)C)cs2)OCCO1. The van der Waals surface area contributed by atoms with E-state index in [9.17, 15) is 4.79 Å². The van der Waals surface area contributed by atoms with Gasteiger partial charge in [0.25, 0.3) is 5.91 Å². The predicted octanol–water partition coefficient (Wildman–Crippen LogP) is 2.34. The molecule has 0 spiro atoms. The van der Waals surface area contributed by atoms with Gasteiger partial charge in [0, 0.05) is 10.8 Å². The van der Waals surface area contributed by atoms with E-state index in [2.05, 4.69) is 31.1 Å². The number of rotatable bonds is 3. The maximum absolute atomic E-state index is 12.0. The molecule has 1 aromatic heterocycles. The first-order chi connectivity index (χ1) is 9.38. The van der Waals surface area contributed by atoms with Crippen LogP contribution in [-0.2, 0) is 26.2 Å². The van der Waals surface area contributed by atoms with Gasteiger partial charge in [-0.15, -0.1) is 11.3 Å². The van der Waals surface area contributed by atoms with E-state index in [1.165, 1.54) is 0 Å². The number of hydrogen-bond acceptors (Lipinski definition) is 5. The Labute approximate surface area is 123 Å². The first kappa shape index (κ1) is 14.8. The van der Waals surface area contributed by atoms with Crippen molar-refractivity contribution in [3.63, 3.8) is 0 Å². The van der Waals surface area contributed by atoms with Gasteiger partial charge in [-0.25, -0.2) is 4.98 Å². The molecule has 0 aromatic carbocycles. The zero-order valence-corrected chi connectivity index (χ0v) is 13.1. The first-order valence-electron chi connectivity index (χ1n) is 6.57. The molecule has 1 N–H and O–H groups in total. The number of carbonyl (C=O) groups excluding carboxylic acids is 1. The van der Waals surface area contributed by atoms with Gasteiger partial charge in [-0.05, 0) is 6.92 Å². The maximum atomic E-state index is 12.0. The largest absolute Gasteiger partial charge is 0.491 e. The minimum Gasteiger partial charge on any atom is -0.491 e. The van der Waals surface area contributed by atoms with Crippen LogP contribution in [0.2, 0.25) is 0 Å². The Morgan fingerprint density at radius 2 is 2.10 bits per heavy atom. The van der Waals surface area contributed by atoms with Crippen LogP contribution in [0, 0.1) is 0 Å². The molecule has 2 heterocycles. The monoisotopic (exact) mass is 296 g/mol. The topological polar surface area (TPSA) is 60.5 Å². The van der Waals surface area contributed by atoms with E-state index >= 15 is 0 Å². The van der Waals surface area contributed by atoms with E-state index < -0.39 is 0 Å². The highest BCUT2D eigenvalue weighted by Crippen LogP contribution is 2.23. The van der Waals surface area contributed by atoms with E-state index in [0.29, 0.717) is 25.5 Å². The third kappa shape index (κ3) is 3.50. The first-order valence-corrected chi connectivity index (χ1v) is 7.45. The van der Waals surface area contributed by atoms with Gasteiger partial charge in [0.05, 0.1) is 12.2 Å². The number of amides is 1. The Bertz CT molecular complexity index is 529. The lowest BCUT2D eigenvalue weighted by Gasteiger charge is -2.19. The molecule has 20 heavy (non-hydrogen) atoms. The van der Waals surface area contributed by atoms with Gasteiger partial charge >= 0.3 is 0 Å². The standard InChI is InChI=1S/C14H20N2O3S/c1-9-12(19-6-5-18-9)13(17)15-7-11-16-10(8-20-11)14(2,3)4/h8H,5-7H2,1-4H3,(H,15,17). The summed E-state index contributed by atoms with van der Waals surface area (Å²) < 4.78 is 10.6. The Kier molecular flexibility index (Phi) is 4.32. The van der Waals surface area contributed by atoms with Gasteiger partial charge in [-0.3, -0.25) is 4.79 Å². The summed E-state index contributed by atoms with van der Waals surface area (Å²) in [7, 11) is 0. The lowest BCUT2D eigenvalue weighted by atomic mass is 9.93. The summed E-state index contributed by atoms with van der Waals surface area (Å²) in [6, 6.07) is 0. The van der Waals surface area contributed by atoms with Gasteiger partial charge in [0.2, 0.25) is 5.76 Å². The van der Waals surface area contributed by atoms with E-state index in [-0.39, 0.29) is 17.1 Å². The average molecular weight is 296 g/mol. The molecule has 110 valence electrons. The second kappa shape index (κ2) is 5.83. The van der Waals surface area contributed by atoms with E-state index in [1.807, 2.05) is 5.38 Å². The molecule has 0 unspecified atom stereocenters. The Morgan fingerprint density at radius 3 is 2.70 bits per heavy atom. The van der Waals surface area contributed by atoms with Gasteiger partial charge in [0.1, 0.15) is 24.0 Å². The van der Waals surface area contributed by atoms with Crippen LogP contribution in [0.25, 0.3) is 0 Å². The quantitative estimate of drug-likeness (QED) is 0.930. The van der Waals surface area contributed by atoms with Crippen LogP contribution in [0.15, 0.2) is 16.9 Å². The number of nitrogens with zero attached hydrogens (tertiary/aromatic N) is 1. The molecule has 0 saturated carbocycles. The molecule has 0 aliphatic carbocycles. The summed E-state index contributed by atoms with van der Waals surface area (Å²) in [6.07, 6.45) is 0. The molecular weight excluding hydrogens is 276 g/mol. The van der Waals surface area contributed by atoms with Crippen molar-refractivity contribution in [2.24, 2.45) is 0 Å². The lowest BCUT2D eigenvalue weighted by Crippen LogP contribution is -2.29. The number of nitrogens with one attached hydrogen (secondary N) is 1. The van der Waals surface area contributed by atoms with Crippen molar-refractivity contribution in [1.82, 2.24) is 10.3 Å². The van der Waals surface area contributed by atoms with Crippen molar-refractivity contribution in [3.8, 4) is 0 Å². The summed E-state index contributed by atoms with van der Waals surface area (Å²) in [4.78, 5) is 16.5. The van der Waals surface area contributed by atoms with E-state index in [1.54, 1.807) is 18.3 Å². The van der Waals surface area contributed by atoms with Crippen molar-refractivity contribution >= 4 is 17.2 Å². The van der Waals surface area contributed by atoms with Crippen LogP contribution in [0.5, 0.6) is 0 Å². The second-order valence-corrected chi connectivity index (χ2v) is 6.58. The highest BCUT2D eigenvalue weighted by molar-refractivity contribution is 7.09. The fourth-order valence-corrected chi connectivity index (χ4v) is 2.66. The van der Waals surface area contributed by atoms with Crippen molar-refractivity contribution in [2.75, 3.05) is 13.2 Å². The van der Waals surface area contributed by atoms with Crippen LogP contribution in [0.3, 0.4) is 0 Å². The molecule has 1 amide bonds. The predicted molar refractivity (Wildman–Crippen MR) is 77.3 cm³/mol. The zero-order valence-electron chi connectivity index (χ0n) is 12.3. The Morgan fingerprint density at radius 1 is 1.40 bits per heavy atom. The fourth-order valence-electron chi connectivity index (χ4n) is 1.70. The van der Waals surface area contributed by atoms with Crippen molar-refractivity contribution in [1.29, 1.82) is 0 Å². The average Bonchev–Trinajstić information content (AvgIpc) is 2.85. The minimum absolute atomic E-state index is 0.0260. The summed E-state index contributed by atoms with van der Waals surface area (Å²) in [6.45, 7) is 9.38. The van der Waals surface area contributed by atoms with Gasteiger partial charge < -0.3 is 14.8 Å². The number of allylic oxidation sites excluding steroid dienone is 1. The molecular formula is C14H20N2O3S. The molecule has 5 nitrogen and oxygen atoms in total. The third-order valence-electron chi connectivity index (χ3n) is 2.89. The molecule has 2 rings (SSSR count). The Hall–Kier alpha value is -1.56. The molecule has 6 heteroatoms. The van der Waals surface area contributed by atoms with Gasteiger partial charge in [-0.1, -0.05) is 20.8 Å². The number of aromatic nitrogens is 1. The third-order valence-corrected chi connectivity index (χ3v) is 3.74. The molecule has 1 aromatic rings. The van der Waals surface area contributed by atoms with Crippen molar-refractivity contribution in [2.45, 2.75) is 39.7 Å². The zero-order chi connectivity index (χ0) is 14.8. The van der Waals surface area contributed by atoms with Gasteiger partial charge in [-0.2, -0.15) is 0 Å². The number of thiazole rings is 1. The smallest absolute Gasteiger partial charge is 0.290 e. The summed E-state index contributed by atoms with van der Waals surface area (Å²) in [5.41, 5.74) is 1.07. The molecule has 0 atom stereocenters. The molecule has 0 bridgehead atoms. The van der Waals surface area contributed by atoms with Crippen molar-refractivity contribution < 1.29 is 14.3 Å². The summed E-state index contributed by atoms with van der Waals surface area (Å²) >= 11 is 1.55. The molecule has 0 radical (unpaired) electrons. The van der Waals surface area contributed by atoms with Crippen LogP contribution in [0.4, 0.5) is 0 Å². The number of hydrogen-bond donors (Lipinski definition) is 1. The molecule has 1 aliphatic heterocycles. The van der Waals surface area contributed by atoms with E-state index in [0.717, 1.165) is 10.7 Å². The number of ether oxygens (including phenoxy) is 2. The Balaban J connectivity index is 1.95. The fraction of sp³-hybridized carbons (Fsp3) is 0.571. The molecule has 1 aliphatic rings.